The van der Waals surface area contributed by atoms with Crippen LogP contribution in [-0.4, -0.2) is 17.4 Å². The van der Waals surface area contributed by atoms with Crippen molar-refractivity contribution in [1.82, 2.24) is 0 Å². The third-order valence-electron chi connectivity index (χ3n) is 0.167. The molecule has 0 aromatic carbocycles. The van der Waals surface area contributed by atoms with E-state index in [-0.39, 0.29) is 31.7 Å². The van der Waals surface area contributed by atoms with Gasteiger partial charge in [-0.2, -0.15) is 0 Å². The smallest absolute Gasteiger partial charge is 0.543 e. The SMILES string of the molecule is O.O=C([O-])C(=O)[O-].[Zr+2]. The Balaban J connectivity index is -0.000000125. The molecule has 0 unspecified atom stereocenters. The summed E-state index contributed by atoms with van der Waals surface area (Å²) in [5.74, 6) is -4.37. The van der Waals surface area contributed by atoms with Crippen LogP contribution in [0.3, 0.4) is 0 Å². The molecule has 2 N–H and O–H groups in total. The zero-order valence-electron chi connectivity index (χ0n) is 3.63. The van der Waals surface area contributed by atoms with Crippen LogP contribution in [0.4, 0.5) is 0 Å². The number of hydrogen-bond acceptors (Lipinski definition) is 4. The van der Waals surface area contributed by atoms with Crippen molar-refractivity contribution in [1.29, 1.82) is 0 Å². The first-order valence-corrected chi connectivity index (χ1v) is 1.07. The van der Waals surface area contributed by atoms with Crippen molar-refractivity contribution in [3.8, 4) is 0 Å². The molecular weight excluding hydrogens is 195 g/mol. The molecule has 0 fully saturated rings. The second-order valence-electron chi connectivity index (χ2n) is 0.575. The molecule has 0 rings (SSSR count). The molecule has 5 nitrogen and oxygen atoms in total. The monoisotopic (exact) mass is 196 g/mol. The van der Waals surface area contributed by atoms with Gasteiger partial charge in [-0.1, -0.05) is 0 Å². The molecule has 0 bridgehead atoms. The maximum atomic E-state index is 8.93. The summed E-state index contributed by atoms with van der Waals surface area (Å²) >= 11 is 0. The standard InChI is InChI=1S/C2H2O4.H2O.Zr/c3-1(4)2(5)6;;/h(H,3,4)(H,5,6);1H2;/q;;+2/p-2. The van der Waals surface area contributed by atoms with E-state index in [0.29, 0.717) is 0 Å². The molecule has 0 amide bonds. The Bertz CT molecular complexity index is 76.4. The number of carbonyl (C=O) groups is 2. The largest absolute Gasteiger partial charge is 2.00 e. The summed E-state index contributed by atoms with van der Waals surface area (Å²) in [5.41, 5.74) is 0. The number of carboxylic acids is 2. The van der Waals surface area contributed by atoms with E-state index in [4.69, 9.17) is 19.8 Å². The van der Waals surface area contributed by atoms with Crippen molar-refractivity contribution in [3.63, 3.8) is 0 Å². The zero-order valence-corrected chi connectivity index (χ0v) is 6.09. The molecule has 0 radical (unpaired) electrons. The fourth-order valence-electron chi connectivity index (χ4n) is 0. The van der Waals surface area contributed by atoms with Gasteiger partial charge < -0.3 is 25.3 Å². The maximum absolute atomic E-state index is 8.93. The molecule has 0 aromatic rings. The van der Waals surface area contributed by atoms with Crippen LogP contribution < -0.4 is 10.2 Å². The zero-order chi connectivity index (χ0) is 5.15. The van der Waals surface area contributed by atoms with Gasteiger partial charge in [0.25, 0.3) is 0 Å². The summed E-state index contributed by atoms with van der Waals surface area (Å²) in [7, 11) is 0. The third-order valence-corrected chi connectivity index (χ3v) is 0.167. The average Bonchev–Trinajstić information content (AvgIpc) is 1.36. The van der Waals surface area contributed by atoms with Gasteiger partial charge in [-0.3, -0.25) is 0 Å². The Labute approximate surface area is 63.7 Å². The van der Waals surface area contributed by atoms with E-state index in [1.165, 1.54) is 0 Å². The predicted octanol–water partition coefficient (Wildman–Crippen LogP) is -4.34. The van der Waals surface area contributed by atoms with Gasteiger partial charge in [-0.05, 0) is 0 Å². The molecule has 0 aliphatic carbocycles. The Morgan fingerprint density at radius 2 is 1.12 bits per heavy atom. The van der Waals surface area contributed by atoms with Crippen LogP contribution in [0.25, 0.3) is 0 Å². The minimum Gasteiger partial charge on any atom is -0.543 e. The normalized spacial score (nSPS) is 5.50. The Morgan fingerprint density at radius 1 is 1.00 bits per heavy atom. The van der Waals surface area contributed by atoms with E-state index in [1.807, 2.05) is 0 Å². The number of rotatable bonds is 0. The molecule has 44 valence electrons. The Kier molecular flexibility index (Phi) is 13.3. The van der Waals surface area contributed by atoms with Crippen molar-refractivity contribution in [2.75, 3.05) is 0 Å². The fourth-order valence-corrected chi connectivity index (χ4v) is 0. The Morgan fingerprint density at radius 3 is 1.12 bits per heavy atom. The van der Waals surface area contributed by atoms with Crippen LogP contribution in [0.5, 0.6) is 0 Å². The van der Waals surface area contributed by atoms with Gasteiger partial charge in [0.2, 0.25) is 0 Å². The first-order chi connectivity index (χ1) is 2.64. The summed E-state index contributed by atoms with van der Waals surface area (Å²) in [6, 6.07) is 0. The van der Waals surface area contributed by atoms with Crippen LogP contribution in [0.1, 0.15) is 0 Å². The van der Waals surface area contributed by atoms with Gasteiger partial charge in [-0.15, -0.1) is 0 Å². The summed E-state index contributed by atoms with van der Waals surface area (Å²) in [6.07, 6.45) is 0. The second-order valence-corrected chi connectivity index (χ2v) is 0.575. The first-order valence-electron chi connectivity index (χ1n) is 1.07. The van der Waals surface area contributed by atoms with Crippen LogP contribution in [0.15, 0.2) is 0 Å². The summed E-state index contributed by atoms with van der Waals surface area (Å²) in [6.45, 7) is 0. The van der Waals surface area contributed by atoms with E-state index >= 15 is 0 Å². The molecule has 0 aliphatic heterocycles. The van der Waals surface area contributed by atoms with Crippen molar-refractivity contribution < 1.29 is 51.5 Å². The van der Waals surface area contributed by atoms with Gasteiger partial charge in [0, 0.05) is 0 Å². The number of carbonyl (C=O) groups excluding carboxylic acids is 2. The topological polar surface area (TPSA) is 112 Å². The predicted molar refractivity (Wildman–Crippen MR) is 13.6 cm³/mol. The number of aliphatic carboxylic acids is 2. The molecule has 0 atom stereocenters. The quantitative estimate of drug-likeness (QED) is 0.365. The van der Waals surface area contributed by atoms with Crippen LogP contribution in [-0.2, 0) is 35.8 Å². The molecule has 0 spiro atoms. The Hall–Kier alpha value is -0.217. The molecule has 0 aromatic heterocycles. The first kappa shape index (κ1) is 15.7. The number of carboxylic acid groups (broad SMARTS) is 2. The van der Waals surface area contributed by atoms with Crippen molar-refractivity contribution in [2.24, 2.45) is 0 Å². The minimum absolute atomic E-state index is 0. The van der Waals surface area contributed by atoms with Gasteiger partial charge in [0.15, 0.2) is 0 Å². The van der Waals surface area contributed by atoms with Gasteiger partial charge >= 0.3 is 26.2 Å². The summed E-state index contributed by atoms with van der Waals surface area (Å²) in [5, 5.41) is 17.9. The van der Waals surface area contributed by atoms with E-state index in [2.05, 4.69) is 0 Å². The van der Waals surface area contributed by atoms with Crippen molar-refractivity contribution in [2.45, 2.75) is 0 Å². The molecular formula is C2H2O5Zr. The molecule has 0 saturated carbocycles. The van der Waals surface area contributed by atoms with Crippen LogP contribution in [0.2, 0.25) is 0 Å². The van der Waals surface area contributed by atoms with Crippen LogP contribution in [0, 0.1) is 0 Å². The maximum Gasteiger partial charge on any atom is 2.00 e. The molecule has 6 heteroatoms. The third kappa shape index (κ3) is 9.24. The average molecular weight is 197 g/mol. The summed E-state index contributed by atoms with van der Waals surface area (Å²) in [4.78, 5) is 17.9. The van der Waals surface area contributed by atoms with Crippen LogP contribution >= 0.6 is 0 Å². The molecule has 8 heavy (non-hydrogen) atoms. The van der Waals surface area contributed by atoms with E-state index in [1.54, 1.807) is 0 Å². The second kappa shape index (κ2) is 6.78. The van der Waals surface area contributed by atoms with Crippen molar-refractivity contribution in [3.05, 3.63) is 0 Å². The molecule has 0 heterocycles. The number of hydrogen-bond donors (Lipinski definition) is 0. The minimum atomic E-state index is -2.19. The van der Waals surface area contributed by atoms with E-state index in [0.717, 1.165) is 0 Å². The van der Waals surface area contributed by atoms with Crippen molar-refractivity contribution >= 4 is 11.9 Å². The van der Waals surface area contributed by atoms with Gasteiger partial charge in [0.05, 0.1) is 11.9 Å². The summed E-state index contributed by atoms with van der Waals surface area (Å²) < 4.78 is 0. The van der Waals surface area contributed by atoms with E-state index < -0.39 is 11.9 Å². The molecule has 0 aliphatic rings. The molecule has 0 saturated heterocycles. The van der Waals surface area contributed by atoms with Gasteiger partial charge in [0.1, 0.15) is 0 Å². The van der Waals surface area contributed by atoms with E-state index in [9.17, 15) is 0 Å². The fraction of sp³-hybridized carbons (Fsp3) is 0. The van der Waals surface area contributed by atoms with Gasteiger partial charge in [-0.25, -0.2) is 0 Å².